The monoisotopic (exact) mass is 505 g/mol. The van der Waals surface area contributed by atoms with E-state index in [1.54, 1.807) is 25.2 Å². The van der Waals surface area contributed by atoms with Crippen LogP contribution in [0.25, 0.3) is 17.7 Å². The standard InChI is InChI=1S/C34H23N3O2/c1-22-15-29(19-30-17-26(16-23(2)38-30)27(20-35)21-36)39-34-18-28(13-14-31(22)34)37-32-9-5-3-7-24(32)11-12-25-8-4-6-10-33(25)37/h3-19H,1-2H3. The minimum Gasteiger partial charge on any atom is -0.462 e. The summed E-state index contributed by atoms with van der Waals surface area (Å²) in [6, 6.07) is 26.9. The van der Waals surface area contributed by atoms with Crippen LogP contribution in [-0.4, -0.2) is 0 Å². The maximum Gasteiger partial charge on any atom is 0.137 e. The lowest BCUT2D eigenvalue weighted by Crippen LogP contribution is -2.12. The van der Waals surface area contributed by atoms with E-state index in [0.717, 1.165) is 45.1 Å². The van der Waals surface area contributed by atoms with Gasteiger partial charge >= 0.3 is 0 Å². The summed E-state index contributed by atoms with van der Waals surface area (Å²) in [6.45, 7) is 3.83. The highest BCUT2D eigenvalue weighted by atomic mass is 16.5. The van der Waals surface area contributed by atoms with Gasteiger partial charge in [-0.05, 0) is 73.0 Å². The molecule has 0 aliphatic carbocycles. The van der Waals surface area contributed by atoms with Crippen LogP contribution in [-0.2, 0) is 4.74 Å². The van der Waals surface area contributed by atoms with E-state index < -0.39 is 0 Å². The van der Waals surface area contributed by atoms with Gasteiger partial charge in [0.05, 0.1) is 11.4 Å². The Morgan fingerprint density at radius 1 is 0.795 bits per heavy atom. The van der Waals surface area contributed by atoms with Gasteiger partial charge in [-0.1, -0.05) is 48.6 Å². The summed E-state index contributed by atoms with van der Waals surface area (Å²) in [7, 11) is 0. The molecule has 0 atom stereocenters. The van der Waals surface area contributed by atoms with Gasteiger partial charge in [-0.2, -0.15) is 10.5 Å². The predicted octanol–water partition coefficient (Wildman–Crippen LogP) is 8.48. The van der Waals surface area contributed by atoms with Crippen molar-refractivity contribution in [2.24, 2.45) is 0 Å². The number of para-hydroxylation sites is 2. The Bertz CT molecular complexity index is 1740. The normalized spacial score (nSPS) is 16.1. The second-order valence-corrected chi connectivity index (χ2v) is 9.40. The summed E-state index contributed by atoms with van der Waals surface area (Å²) >= 11 is 0. The molecule has 5 nitrogen and oxygen atoms in total. The van der Waals surface area contributed by atoms with Crippen molar-refractivity contribution in [3.63, 3.8) is 0 Å². The lowest BCUT2D eigenvalue weighted by Gasteiger charge is -2.28. The minimum absolute atomic E-state index is 0.0346. The second kappa shape index (κ2) is 9.74. The van der Waals surface area contributed by atoms with Crippen molar-refractivity contribution in [3.8, 4) is 17.9 Å². The van der Waals surface area contributed by atoms with Crippen molar-refractivity contribution in [2.75, 3.05) is 4.90 Å². The lowest BCUT2D eigenvalue weighted by atomic mass is 10.0. The van der Waals surface area contributed by atoms with Crippen LogP contribution < -0.4 is 9.64 Å². The first kappa shape index (κ1) is 23.9. The highest BCUT2D eigenvalue weighted by molar-refractivity contribution is 5.93. The van der Waals surface area contributed by atoms with Crippen molar-refractivity contribution in [1.29, 1.82) is 10.5 Å². The maximum atomic E-state index is 9.30. The number of hydrogen-bond acceptors (Lipinski definition) is 5. The molecule has 0 fully saturated rings. The van der Waals surface area contributed by atoms with E-state index in [0.29, 0.717) is 22.9 Å². The van der Waals surface area contributed by atoms with Gasteiger partial charge in [0, 0.05) is 29.0 Å². The van der Waals surface area contributed by atoms with Crippen LogP contribution in [0.1, 0.15) is 30.5 Å². The Labute approximate surface area is 227 Å². The van der Waals surface area contributed by atoms with Crippen molar-refractivity contribution in [1.82, 2.24) is 0 Å². The van der Waals surface area contributed by atoms with E-state index in [2.05, 4.69) is 71.6 Å². The van der Waals surface area contributed by atoms with Crippen molar-refractivity contribution in [2.45, 2.75) is 13.8 Å². The first-order valence-corrected chi connectivity index (χ1v) is 12.5. The van der Waals surface area contributed by atoms with Crippen LogP contribution in [0.4, 0.5) is 17.1 Å². The smallest absolute Gasteiger partial charge is 0.137 e. The summed E-state index contributed by atoms with van der Waals surface area (Å²) in [6.07, 6.45) is 11.4. The number of nitrogens with zero attached hydrogens (tertiary/aromatic N) is 3. The third-order valence-corrected chi connectivity index (χ3v) is 6.76. The zero-order valence-corrected chi connectivity index (χ0v) is 21.5. The Kier molecular flexibility index (Phi) is 5.96. The maximum absolute atomic E-state index is 9.30. The molecule has 0 amide bonds. The Morgan fingerprint density at radius 3 is 2.13 bits per heavy atom. The molecule has 186 valence electrons. The Morgan fingerprint density at radius 2 is 1.46 bits per heavy atom. The van der Waals surface area contributed by atoms with E-state index in [4.69, 9.17) is 9.47 Å². The summed E-state index contributed by atoms with van der Waals surface area (Å²) in [5.74, 6) is 2.42. The number of anilines is 3. The van der Waals surface area contributed by atoms with Crippen LogP contribution in [0, 0.1) is 22.7 Å². The van der Waals surface area contributed by atoms with Gasteiger partial charge < -0.3 is 14.4 Å². The number of rotatable bonds is 2. The molecular weight excluding hydrogens is 482 g/mol. The Balaban J connectivity index is 1.41. The number of benzene rings is 3. The average Bonchev–Trinajstić information content (AvgIpc) is 3.10. The molecule has 3 heterocycles. The number of hydrogen-bond donors (Lipinski definition) is 0. The molecule has 0 aromatic heterocycles. The average molecular weight is 506 g/mol. The summed E-state index contributed by atoms with van der Waals surface area (Å²) in [4.78, 5) is 2.26. The largest absolute Gasteiger partial charge is 0.462 e. The molecule has 6 rings (SSSR count). The van der Waals surface area contributed by atoms with Crippen LogP contribution in [0.15, 0.2) is 119 Å². The molecule has 3 aliphatic rings. The van der Waals surface area contributed by atoms with E-state index in [1.165, 1.54) is 0 Å². The van der Waals surface area contributed by atoms with E-state index in [-0.39, 0.29) is 5.57 Å². The van der Waals surface area contributed by atoms with E-state index in [9.17, 15) is 10.5 Å². The van der Waals surface area contributed by atoms with Crippen LogP contribution in [0.3, 0.4) is 0 Å². The molecular formula is C34H23N3O2. The highest BCUT2D eigenvalue weighted by Crippen LogP contribution is 2.45. The first-order chi connectivity index (χ1) is 19.0. The zero-order valence-electron chi connectivity index (χ0n) is 21.5. The fraction of sp³-hybridized carbons (Fsp3) is 0.0588. The highest BCUT2D eigenvalue weighted by Gasteiger charge is 2.23. The Hall–Kier alpha value is -5.52. The number of nitriles is 2. The van der Waals surface area contributed by atoms with E-state index in [1.807, 2.05) is 37.3 Å². The third kappa shape index (κ3) is 4.44. The SMILES string of the molecule is CC1=CC(=C(C#N)C#N)C=C(C=C2C=C(C)c3ccc(N4c5ccccc5C=Cc5ccccc54)cc3O2)O1. The second-order valence-electron chi connectivity index (χ2n) is 9.40. The van der Waals surface area contributed by atoms with E-state index >= 15 is 0 Å². The molecule has 0 bridgehead atoms. The van der Waals surface area contributed by atoms with Gasteiger partial charge in [0.15, 0.2) is 0 Å². The number of ether oxygens (including phenoxy) is 2. The predicted molar refractivity (Wildman–Crippen MR) is 154 cm³/mol. The van der Waals surface area contributed by atoms with Gasteiger partial charge in [0.1, 0.15) is 40.7 Å². The fourth-order valence-corrected chi connectivity index (χ4v) is 5.00. The molecule has 0 unspecified atom stereocenters. The molecule has 0 saturated heterocycles. The minimum atomic E-state index is 0.0346. The molecule has 5 heteroatoms. The van der Waals surface area contributed by atoms with Gasteiger partial charge in [0.25, 0.3) is 0 Å². The zero-order chi connectivity index (χ0) is 26.9. The van der Waals surface area contributed by atoms with Crippen LogP contribution >= 0.6 is 0 Å². The molecule has 3 aromatic carbocycles. The first-order valence-electron chi connectivity index (χ1n) is 12.5. The summed E-state index contributed by atoms with van der Waals surface area (Å²) in [5, 5.41) is 18.6. The summed E-state index contributed by atoms with van der Waals surface area (Å²) < 4.78 is 12.2. The fourth-order valence-electron chi connectivity index (χ4n) is 5.00. The molecule has 0 saturated carbocycles. The summed E-state index contributed by atoms with van der Waals surface area (Å²) in [5.41, 5.74) is 8.04. The topological polar surface area (TPSA) is 69.3 Å². The molecule has 3 aromatic rings. The quantitative estimate of drug-likeness (QED) is 0.256. The third-order valence-electron chi connectivity index (χ3n) is 6.76. The lowest BCUT2D eigenvalue weighted by molar-refractivity contribution is 0.313. The van der Waals surface area contributed by atoms with Crippen molar-refractivity contribution >= 4 is 34.8 Å². The number of allylic oxidation sites excluding steroid dienone is 8. The number of fused-ring (bicyclic) bond motifs is 3. The van der Waals surface area contributed by atoms with Crippen LogP contribution in [0.5, 0.6) is 5.75 Å². The van der Waals surface area contributed by atoms with Gasteiger partial charge in [-0.3, -0.25) is 0 Å². The van der Waals surface area contributed by atoms with Crippen LogP contribution in [0.2, 0.25) is 0 Å². The molecule has 0 radical (unpaired) electrons. The van der Waals surface area contributed by atoms with Gasteiger partial charge in [-0.15, -0.1) is 0 Å². The molecule has 39 heavy (non-hydrogen) atoms. The van der Waals surface area contributed by atoms with Crippen molar-refractivity contribution < 1.29 is 9.47 Å². The molecule has 0 N–H and O–H groups in total. The van der Waals surface area contributed by atoms with Crippen molar-refractivity contribution in [3.05, 3.63) is 136 Å². The van der Waals surface area contributed by atoms with Gasteiger partial charge in [-0.25, -0.2) is 0 Å². The van der Waals surface area contributed by atoms with Gasteiger partial charge in [0.2, 0.25) is 0 Å². The molecule has 3 aliphatic heterocycles. The molecule has 0 spiro atoms.